The molecule has 1 aromatic heterocycles. The van der Waals surface area contributed by atoms with Crippen molar-refractivity contribution >= 4 is 5.91 Å². The lowest BCUT2D eigenvalue weighted by Crippen LogP contribution is -2.30. The van der Waals surface area contributed by atoms with E-state index in [0.717, 1.165) is 28.7 Å². The van der Waals surface area contributed by atoms with Crippen LogP contribution in [0.5, 0.6) is 11.5 Å². The number of methoxy groups -OCH3 is 1. The molecule has 0 aliphatic carbocycles. The van der Waals surface area contributed by atoms with Crippen LogP contribution in [0.2, 0.25) is 0 Å². The molecule has 7 heteroatoms. The van der Waals surface area contributed by atoms with Crippen molar-refractivity contribution in [2.24, 2.45) is 0 Å². The predicted molar refractivity (Wildman–Crippen MR) is 142 cm³/mol. The topological polar surface area (TPSA) is 60.9 Å². The first-order valence-electron chi connectivity index (χ1n) is 12.5. The first-order valence-corrected chi connectivity index (χ1v) is 12.5. The molecule has 1 aliphatic heterocycles. The number of pyridine rings is 1. The molecule has 0 spiro atoms. The van der Waals surface area contributed by atoms with E-state index in [1.54, 1.807) is 42.6 Å². The number of rotatable bonds is 9. The number of carbonyl (C=O) groups excluding carboxylic acids is 1. The van der Waals surface area contributed by atoms with Gasteiger partial charge in [0.05, 0.1) is 20.3 Å². The zero-order valence-electron chi connectivity index (χ0n) is 21.2. The van der Waals surface area contributed by atoms with Crippen LogP contribution in [0.4, 0.5) is 4.39 Å². The molecule has 6 nitrogen and oxygen atoms in total. The van der Waals surface area contributed by atoms with Crippen molar-refractivity contribution in [2.75, 3.05) is 20.3 Å². The first kappa shape index (κ1) is 25.4. The molecule has 1 atom stereocenters. The Kier molecular flexibility index (Phi) is 7.95. The van der Waals surface area contributed by atoms with Crippen LogP contribution in [-0.2, 0) is 17.8 Å². The van der Waals surface area contributed by atoms with Gasteiger partial charge in [-0.1, -0.05) is 36.4 Å². The van der Waals surface area contributed by atoms with Crippen LogP contribution in [0.3, 0.4) is 0 Å². The number of halogens is 1. The summed E-state index contributed by atoms with van der Waals surface area (Å²) in [4.78, 5) is 19.7. The van der Waals surface area contributed by atoms with E-state index in [-0.39, 0.29) is 17.8 Å². The molecule has 0 saturated carbocycles. The van der Waals surface area contributed by atoms with Gasteiger partial charge in [0, 0.05) is 37.5 Å². The summed E-state index contributed by atoms with van der Waals surface area (Å²) in [6.07, 6.45) is 4.32. The number of hydrogen-bond donors (Lipinski definition) is 0. The largest absolute Gasteiger partial charge is 0.493 e. The Hall–Kier alpha value is -4.23. The van der Waals surface area contributed by atoms with E-state index in [4.69, 9.17) is 14.2 Å². The average Bonchev–Trinajstić information content (AvgIpc) is 3.47. The third-order valence-electron chi connectivity index (χ3n) is 6.46. The van der Waals surface area contributed by atoms with Gasteiger partial charge in [0.1, 0.15) is 11.9 Å². The van der Waals surface area contributed by atoms with Crippen LogP contribution in [0.1, 0.15) is 27.9 Å². The first-order chi connectivity index (χ1) is 18.6. The number of benzene rings is 3. The fourth-order valence-electron chi connectivity index (χ4n) is 4.48. The second-order valence-corrected chi connectivity index (χ2v) is 9.20. The summed E-state index contributed by atoms with van der Waals surface area (Å²) in [6, 6.07) is 23.2. The Balaban J connectivity index is 1.38. The van der Waals surface area contributed by atoms with E-state index >= 15 is 0 Å². The van der Waals surface area contributed by atoms with Crippen molar-refractivity contribution in [3.63, 3.8) is 0 Å². The molecule has 4 aromatic rings. The van der Waals surface area contributed by atoms with Gasteiger partial charge in [0.2, 0.25) is 0 Å². The van der Waals surface area contributed by atoms with E-state index in [9.17, 15) is 9.18 Å². The molecule has 0 radical (unpaired) electrons. The second kappa shape index (κ2) is 11.9. The number of ether oxygens (including phenoxy) is 3. The van der Waals surface area contributed by atoms with Crippen molar-refractivity contribution in [2.45, 2.75) is 25.6 Å². The van der Waals surface area contributed by atoms with Crippen molar-refractivity contribution in [1.82, 2.24) is 9.88 Å². The third kappa shape index (κ3) is 6.18. The molecule has 0 N–H and O–H groups in total. The van der Waals surface area contributed by atoms with Gasteiger partial charge < -0.3 is 19.1 Å². The van der Waals surface area contributed by atoms with Crippen LogP contribution < -0.4 is 9.47 Å². The van der Waals surface area contributed by atoms with Gasteiger partial charge in [-0.15, -0.1) is 0 Å². The van der Waals surface area contributed by atoms with Gasteiger partial charge in [-0.2, -0.15) is 0 Å². The number of carbonyl (C=O) groups is 1. The molecule has 3 aromatic carbocycles. The number of aromatic nitrogens is 1. The van der Waals surface area contributed by atoms with Gasteiger partial charge >= 0.3 is 0 Å². The number of nitrogens with zero attached hydrogens (tertiary/aromatic N) is 2. The molecular formula is C31H29FN2O4. The lowest BCUT2D eigenvalue weighted by molar-refractivity contribution is 0.0729. The molecular weight excluding hydrogens is 483 g/mol. The van der Waals surface area contributed by atoms with Crippen molar-refractivity contribution < 1.29 is 23.4 Å². The SMILES string of the molecule is COc1cc(CN(Cc2cccnc2)C(=O)c2ccc(-c3cccc(F)c3)cc2)ccc1OC1CCOC1. The van der Waals surface area contributed by atoms with Gasteiger partial charge in [-0.3, -0.25) is 9.78 Å². The fourth-order valence-corrected chi connectivity index (χ4v) is 4.48. The summed E-state index contributed by atoms with van der Waals surface area (Å²) in [7, 11) is 1.61. The highest BCUT2D eigenvalue weighted by atomic mass is 19.1. The molecule has 5 rings (SSSR count). The predicted octanol–water partition coefficient (Wildman–Crippen LogP) is 5.91. The maximum atomic E-state index is 13.7. The maximum absolute atomic E-state index is 13.7. The quantitative estimate of drug-likeness (QED) is 0.279. The molecule has 0 bridgehead atoms. The van der Waals surface area contributed by atoms with E-state index in [2.05, 4.69) is 4.98 Å². The molecule has 1 fully saturated rings. The van der Waals surface area contributed by atoms with Crippen LogP contribution >= 0.6 is 0 Å². The third-order valence-corrected chi connectivity index (χ3v) is 6.46. The summed E-state index contributed by atoms with van der Waals surface area (Å²) in [6.45, 7) is 2.01. The van der Waals surface area contributed by atoms with Gasteiger partial charge in [-0.05, 0) is 64.7 Å². The summed E-state index contributed by atoms with van der Waals surface area (Å²) in [5.74, 6) is 0.850. The van der Waals surface area contributed by atoms with Gasteiger partial charge in [0.15, 0.2) is 11.5 Å². The van der Waals surface area contributed by atoms with Crippen molar-refractivity contribution in [3.8, 4) is 22.6 Å². The monoisotopic (exact) mass is 512 g/mol. The van der Waals surface area contributed by atoms with Gasteiger partial charge in [-0.25, -0.2) is 4.39 Å². The summed E-state index contributed by atoms with van der Waals surface area (Å²) < 4.78 is 30.7. The van der Waals surface area contributed by atoms with Crippen molar-refractivity contribution in [3.05, 3.63) is 114 Å². The zero-order chi connectivity index (χ0) is 26.3. The fraction of sp³-hybridized carbons (Fsp3) is 0.226. The second-order valence-electron chi connectivity index (χ2n) is 9.20. The molecule has 1 unspecified atom stereocenters. The number of amides is 1. The highest BCUT2D eigenvalue weighted by Gasteiger charge is 2.21. The van der Waals surface area contributed by atoms with Crippen LogP contribution in [0.15, 0.2) is 91.3 Å². The van der Waals surface area contributed by atoms with E-state index < -0.39 is 0 Å². The van der Waals surface area contributed by atoms with E-state index in [0.29, 0.717) is 43.4 Å². The Labute approximate surface area is 221 Å². The lowest BCUT2D eigenvalue weighted by Gasteiger charge is -2.24. The smallest absolute Gasteiger partial charge is 0.254 e. The highest BCUT2D eigenvalue weighted by Crippen LogP contribution is 2.31. The molecule has 1 aliphatic rings. The van der Waals surface area contributed by atoms with Crippen LogP contribution in [0, 0.1) is 5.82 Å². The maximum Gasteiger partial charge on any atom is 0.254 e. The zero-order valence-corrected chi connectivity index (χ0v) is 21.2. The molecule has 194 valence electrons. The molecule has 2 heterocycles. The summed E-state index contributed by atoms with van der Waals surface area (Å²) in [5, 5.41) is 0. The normalized spacial score (nSPS) is 14.7. The van der Waals surface area contributed by atoms with Gasteiger partial charge in [0.25, 0.3) is 5.91 Å². The standard InChI is InChI=1S/C31H29FN2O4/c1-36-30-16-22(7-12-29(30)38-28-13-15-37-21-28)19-34(20-23-4-3-14-33-18-23)31(35)25-10-8-24(9-11-25)26-5-2-6-27(32)17-26/h2-12,14,16-18,28H,13,15,19-21H2,1H3. The summed E-state index contributed by atoms with van der Waals surface area (Å²) >= 11 is 0. The minimum absolute atomic E-state index is 0.00811. The number of hydrogen-bond acceptors (Lipinski definition) is 5. The molecule has 38 heavy (non-hydrogen) atoms. The minimum atomic E-state index is -0.297. The van der Waals surface area contributed by atoms with E-state index in [1.807, 2.05) is 48.5 Å². The Morgan fingerprint density at radius 1 is 0.974 bits per heavy atom. The average molecular weight is 513 g/mol. The van der Waals surface area contributed by atoms with Crippen LogP contribution in [-0.4, -0.2) is 42.2 Å². The Morgan fingerprint density at radius 2 is 1.82 bits per heavy atom. The summed E-state index contributed by atoms with van der Waals surface area (Å²) in [5.41, 5.74) is 3.97. The molecule has 1 saturated heterocycles. The Bertz CT molecular complexity index is 1370. The minimum Gasteiger partial charge on any atom is -0.493 e. The molecule has 1 amide bonds. The highest BCUT2D eigenvalue weighted by molar-refractivity contribution is 5.94. The van der Waals surface area contributed by atoms with Crippen molar-refractivity contribution in [1.29, 1.82) is 0 Å². The lowest BCUT2D eigenvalue weighted by atomic mass is 10.0. The Morgan fingerprint density at radius 3 is 2.53 bits per heavy atom. The van der Waals surface area contributed by atoms with E-state index in [1.165, 1.54) is 12.1 Å². The van der Waals surface area contributed by atoms with Crippen LogP contribution in [0.25, 0.3) is 11.1 Å².